The standard InChI is InChI=1S/C7H9NO.H2O/c9-6-8-7-4-2-1-3-5-7;/h1-5,8-9H,6H2;1H2. The second kappa shape index (κ2) is 4.78. The van der Waals surface area contributed by atoms with Crippen LogP contribution < -0.4 is 5.32 Å². The maximum absolute atomic E-state index is 8.41. The lowest BCUT2D eigenvalue weighted by Crippen LogP contribution is -1.97. The van der Waals surface area contributed by atoms with Crippen LogP contribution in [0.5, 0.6) is 0 Å². The quantitative estimate of drug-likeness (QED) is 0.579. The number of anilines is 1. The zero-order valence-electron chi connectivity index (χ0n) is 5.54. The third-order valence-electron chi connectivity index (χ3n) is 1.06. The highest BCUT2D eigenvalue weighted by Crippen LogP contribution is 2.02. The van der Waals surface area contributed by atoms with Crippen LogP contribution >= 0.6 is 0 Å². The largest absolute Gasteiger partial charge is 0.412 e. The van der Waals surface area contributed by atoms with Crippen molar-refractivity contribution in [3.8, 4) is 0 Å². The summed E-state index contributed by atoms with van der Waals surface area (Å²) in [5.74, 6) is 0. The van der Waals surface area contributed by atoms with Gasteiger partial charge in [0.2, 0.25) is 0 Å². The van der Waals surface area contributed by atoms with Gasteiger partial charge in [0, 0.05) is 5.69 Å². The summed E-state index contributed by atoms with van der Waals surface area (Å²) >= 11 is 0. The molecule has 0 fully saturated rings. The second-order valence-electron chi connectivity index (χ2n) is 1.70. The van der Waals surface area contributed by atoms with E-state index in [-0.39, 0.29) is 12.2 Å². The van der Waals surface area contributed by atoms with Crippen molar-refractivity contribution in [3.05, 3.63) is 30.3 Å². The summed E-state index contributed by atoms with van der Waals surface area (Å²) in [7, 11) is 0. The predicted octanol–water partition coefficient (Wildman–Crippen LogP) is 0.224. The summed E-state index contributed by atoms with van der Waals surface area (Å²) < 4.78 is 0. The Morgan fingerprint density at radius 2 is 1.80 bits per heavy atom. The van der Waals surface area contributed by atoms with Crippen LogP contribution in [0.1, 0.15) is 0 Å². The number of rotatable bonds is 2. The highest BCUT2D eigenvalue weighted by atomic mass is 16.3. The molecule has 0 spiro atoms. The van der Waals surface area contributed by atoms with Crippen LogP contribution in [-0.4, -0.2) is 17.3 Å². The number of aliphatic hydroxyl groups is 1. The number of hydrogen-bond acceptors (Lipinski definition) is 2. The van der Waals surface area contributed by atoms with Gasteiger partial charge < -0.3 is 15.9 Å². The number of aliphatic hydroxyl groups excluding tert-OH is 1. The smallest absolute Gasteiger partial charge is 0.113 e. The molecule has 1 aromatic carbocycles. The van der Waals surface area contributed by atoms with Crippen LogP contribution in [-0.2, 0) is 0 Å². The minimum Gasteiger partial charge on any atom is -0.412 e. The van der Waals surface area contributed by atoms with E-state index in [0.717, 1.165) is 5.69 Å². The Kier molecular flexibility index (Phi) is 4.28. The molecule has 0 amide bonds. The predicted molar refractivity (Wildman–Crippen MR) is 40.8 cm³/mol. The Labute approximate surface area is 59.6 Å². The molecule has 0 bridgehead atoms. The molecule has 0 saturated carbocycles. The Bertz CT molecular complexity index is 165. The average Bonchev–Trinajstić information content (AvgIpc) is 1.91. The highest BCUT2D eigenvalue weighted by molar-refractivity contribution is 5.41. The third kappa shape index (κ3) is 2.48. The van der Waals surface area contributed by atoms with Gasteiger partial charge in [0.1, 0.15) is 6.73 Å². The first-order chi connectivity index (χ1) is 4.43. The number of hydrogen-bond donors (Lipinski definition) is 2. The van der Waals surface area contributed by atoms with Crippen LogP contribution in [0.25, 0.3) is 0 Å². The number of nitrogens with one attached hydrogen (secondary N) is 1. The van der Waals surface area contributed by atoms with E-state index in [1.165, 1.54) is 0 Å². The molecule has 3 heteroatoms. The van der Waals surface area contributed by atoms with E-state index in [4.69, 9.17) is 5.11 Å². The van der Waals surface area contributed by atoms with Crippen molar-refractivity contribution < 1.29 is 10.6 Å². The zero-order chi connectivity index (χ0) is 6.53. The Hall–Kier alpha value is -1.06. The van der Waals surface area contributed by atoms with Crippen LogP contribution in [0.15, 0.2) is 30.3 Å². The topological polar surface area (TPSA) is 63.8 Å². The first kappa shape index (κ1) is 8.94. The second-order valence-corrected chi connectivity index (χ2v) is 1.70. The summed E-state index contributed by atoms with van der Waals surface area (Å²) in [5, 5.41) is 11.2. The molecule has 1 rings (SSSR count). The minimum absolute atomic E-state index is 0. The van der Waals surface area contributed by atoms with E-state index in [0.29, 0.717) is 0 Å². The molecule has 3 nitrogen and oxygen atoms in total. The van der Waals surface area contributed by atoms with Crippen molar-refractivity contribution in [1.29, 1.82) is 0 Å². The van der Waals surface area contributed by atoms with Gasteiger partial charge in [-0.1, -0.05) is 18.2 Å². The summed E-state index contributed by atoms with van der Waals surface area (Å²) in [6, 6.07) is 9.56. The lowest BCUT2D eigenvalue weighted by Gasteiger charge is -1.98. The van der Waals surface area contributed by atoms with Gasteiger partial charge in [-0.3, -0.25) is 0 Å². The van der Waals surface area contributed by atoms with Crippen molar-refractivity contribution in [2.45, 2.75) is 0 Å². The zero-order valence-corrected chi connectivity index (χ0v) is 5.54. The van der Waals surface area contributed by atoms with Crippen LogP contribution in [0.4, 0.5) is 5.69 Å². The molecule has 0 unspecified atom stereocenters. The maximum atomic E-state index is 8.41. The number of benzene rings is 1. The van der Waals surface area contributed by atoms with Crippen molar-refractivity contribution in [1.82, 2.24) is 0 Å². The molecule has 10 heavy (non-hydrogen) atoms. The lowest BCUT2D eigenvalue weighted by atomic mass is 10.3. The van der Waals surface area contributed by atoms with E-state index in [9.17, 15) is 0 Å². The molecule has 0 atom stereocenters. The molecule has 1 aromatic rings. The van der Waals surface area contributed by atoms with E-state index in [2.05, 4.69) is 5.32 Å². The number of para-hydroxylation sites is 1. The maximum Gasteiger partial charge on any atom is 0.113 e. The van der Waals surface area contributed by atoms with Gasteiger partial charge in [0.25, 0.3) is 0 Å². The molecule has 4 N–H and O–H groups in total. The highest BCUT2D eigenvalue weighted by Gasteiger charge is 1.82. The van der Waals surface area contributed by atoms with Gasteiger partial charge in [-0.25, -0.2) is 0 Å². The molecule has 0 aliphatic rings. The average molecular weight is 141 g/mol. The molecule has 56 valence electrons. The van der Waals surface area contributed by atoms with Crippen LogP contribution in [0, 0.1) is 0 Å². The SMILES string of the molecule is O.OCNc1ccccc1. The van der Waals surface area contributed by atoms with E-state index in [1.54, 1.807) is 0 Å². The fourth-order valence-corrected chi connectivity index (χ4v) is 0.647. The van der Waals surface area contributed by atoms with E-state index < -0.39 is 0 Å². The first-order valence-electron chi connectivity index (χ1n) is 2.83. The van der Waals surface area contributed by atoms with Crippen molar-refractivity contribution in [2.24, 2.45) is 0 Å². The fraction of sp³-hybridized carbons (Fsp3) is 0.143. The summed E-state index contributed by atoms with van der Waals surface area (Å²) in [4.78, 5) is 0. The Morgan fingerprint density at radius 3 is 2.30 bits per heavy atom. The van der Waals surface area contributed by atoms with Crippen molar-refractivity contribution in [2.75, 3.05) is 12.0 Å². The molecule has 0 aliphatic heterocycles. The third-order valence-corrected chi connectivity index (χ3v) is 1.06. The van der Waals surface area contributed by atoms with Gasteiger partial charge >= 0.3 is 0 Å². The summed E-state index contributed by atoms with van der Waals surface area (Å²) in [6.07, 6.45) is 0. The van der Waals surface area contributed by atoms with Gasteiger partial charge in [0.15, 0.2) is 0 Å². The molecule has 0 saturated heterocycles. The van der Waals surface area contributed by atoms with Gasteiger partial charge in [-0.15, -0.1) is 0 Å². The molecule has 0 radical (unpaired) electrons. The Balaban J connectivity index is 0.000000810. The monoisotopic (exact) mass is 141 g/mol. The Morgan fingerprint density at radius 1 is 1.20 bits per heavy atom. The van der Waals surface area contributed by atoms with Crippen molar-refractivity contribution >= 4 is 5.69 Å². The summed E-state index contributed by atoms with van der Waals surface area (Å²) in [5.41, 5.74) is 0.944. The molecule has 0 heterocycles. The minimum atomic E-state index is -0.00991. The van der Waals surface area contributed by atoms with Gasteiger partial charge in [-0.2, -0.15) is 0 Å². The molecular formula is C7H11NO2. The van der Waals surface area contributed by atoms with Gasteiger partial charge in [-0.05, 0) is 12.1 Å². The van der Waals surface area contributed by atoms with Crippen LogP contribution in [0.3, 0.4) is 0 Å². The van der Waals surface area contributed by atoms with Crippen molar-refractivity contribution in [3.63, 3.8) is 0 Å². The molecular weight excluding hydrogens is 130 g/mol. The van der Waals surface area contributed by atoms with Gasteiger partial charge in [0.05, 0.1) is 0 Å². The van der Waals surface area contributed by atoms with Crippen LogP contribution in [0.2, 0.25) is 0 Å². The van der Waals surface area contributed by atoms with E-state index >= 15 is 0 Å². The molecule has 0 aliphatic carbocycles. The normalized spacial score (nSPS) is 8.10. The van der Waals surface area contributed by atoms with E-state index in [1.807, 2.05) is 30.3 Å². The fourth-order valence-electron chi connectivity index (χ4n) is 0.647. The summed E-state index contributed by atoms with van der Waals surface area (Å²) in [6.45, 7) is -0.00991. The molecule has 0 aromatic heterocycles. The first-order valence-corrected chi connectivity index (χ1v) is 2.83. The lowest BCUT2D eigenvalue weighted by molar-refractivity contribution is 0.325.